The van der Waals surface area contributed by atoms with Gasteiger partial charge in [-0.25, -0.2) is 8.42 Å². The minimum Gasteiger partial charge on any atom is -0.370 e. The fourth-order valence-electron chi connectivity index (χ4n) is 4.22. The van der Waals surface area contributed by atoms with Crippen LogP contribution in [0.2, 0.25) is 0 Å². The summed E-state index contributed by atoms with van der Waals surface area (Å²) in [6.45, 7) is 9.74. The second-order valence-corrected chi connectivity index (χ2v) is 11.3. The molecule has 2 fully saturated rings. The van der Waals surface area contributed by atoms with Crippen molar-refractivity contribution in [1.82, 2.24) is 19.4 Å². The molecule has 8 nitrogen and oxygen atoms in total. The lowest BCUT2D eigenvalue weighted by atomic mass is 9.94. The molecule has 3 aliphatic rings. The maximum atomic E-state index is 12.9. The Morgan fingerprint density at radius 1 is 1.21 bits per heavy atom. The second kappa shape index (κ2) is 8.75. The number of carbonyl (C=O) groups is 1. The van der Waals surface area contributed by atoms with Gasteiger partial charge in [-0.1, -0.05) is 0 Å². The third-order valence-corrected chi connectivity index (χ3v) is 8.30. The van der Waals surface area contributed by atoms with Crippen molar-refractivity contribution in [2.45, 2.75) is 44.5 Å². The third-order valence-electron chi connectivity index (χ3n) is 6.03. The van der Waals surface area contributed by atoms with Crippen LogP contribution in [0.5, 0.6) is 0 Å². The molecule has 0 saturated carbocycles. The average Bonchev–Trinajstić information content (AvgIpc) is 2.67. The highest BCUT2D eigenvalue weighted by Gasteiger charge is 2.34. The Labute approximate surface area is 174 Å². The largest absolute Gasteiger partial charge is 0.370 e. The zero-order chi connectivity index (χ0) is 21.2. The summed E-state index contributed by atoms with van der Waals surface area (Å²) in [5.74, 6) is 0.221. The van der Waals surface area contributed by atoms with E-state index in [4.69, 9.17) is 5.73 Å². The standard InChI is InChI=1S/C20H35N5O3S/c1-16(2)29(27,28)25-12-10-24(11-13-25)19(26)18-5-8-23(9-6-18)15-17-4-7-22-20(3,21)14-17/h4,7,14,16,18,22H,5-6,8-13,15,21H2,1-3H3. The molecule has 2 saturated heterocycles. The van der Waals surface area contributed by atoms with Gasteiger partial charge in [-0.2, -0.15) is 4.31 Å². The highest BCUT2D eigenvalue weighted by atomic mass is 32.2. The van der Waals surface area contributed by atoms with Crippen molar-refractivity contribution >= 4 is 15.9 Å². The maximum Gasteiger partial charge on any atom is 0.225 e. The van der Waals surface area contributed by atoms with Crippen molar-refractivity contribution in [2.24, 2.45) is 11.7 Å². The number of hydrogen-bond donors (Lipinski definition) is 2. The Kier molecular flexibility index (Phi) is 6.72. The first-order valence-corrected chi connectivity index (χ1v) is 12.0. The third kappa shape index (κ3) is 5.39. The van der Waals surface area contributed by atoms with E-state index in [0.29, 0.717) is 26.2 Å². The van der Waals surface area contributed by atoms with Crippen molar-refractivity contribution in [2.75, 3.05) is 45.8 Å². The van der Waals surface area contributed by atoms with Gasteiger partial charge in [0.05, 0.1) is 5.25 Å². The van der Waals surface area contributed by atoms with E-state index in [9.17, 15) is 13.2 Å². The Hall–Kier alpha value is -1.42. The monoisotopic (exact) mass is 425 g/mol. The van der Waals surface area contributed by atoms with Crippen LogP contribution in [0.4, 0.5) is 0 Å². The first kappa shape index (κ1) is 22.3. The van der Waals surface area contributed by atoms with Crippen LogP contribution in [0.1, 0.15) is 33.6 Å². The van der Waals surface area contributed by atoms with Gasteiger partial charge in [-0.15, -0.1) is 0 Å². The molecule has 0 bridgehead atoms. The molecule has 164 valence electrons. The molecule has 1 amide bonds. The highest BCUT2D eigenvalue weighted by molar-refractivity contribution is 7.89. The number of amides is 1. The van der Waals surface area contributed by atoms with E-state index in [1.165, 1.54) is 9.88 Å². The molecule has 0 aromatic heterocycles. The van der Waals surface area contributed by atoms with E-state index in [-0.39, 0.29) is 11.8 Å². The second-order valence-electron chi connectivity index (χ2n) is 8.85. The van der Waals surface area contributed by atoms with Crippen molar-refractivity contribution in [3.63, 3.8) is 0 Å². The minimum atomic E-state index is -3.24. The number of sulfonamides is 1. The summed E-state index contributed by atoms with van der Waals surface area (Å²) >= 11 is 0. The molecule has 0 radical (unpaired) electrons. The van der Waals surface area contributed by atoms with Gasteiger partial charge >= 0.3 is 0 Å². The highest BCUT2D eigenvalue weighted by Crippen LogP contribution is 2.23. The molecular weight excluding hydrogens is 390 g/mol. The van der Waals surface area contributed by atoms with E-state index in [0.717, 1.165) is 32.5 Å². The SMILES string of the molecule is CC(C)S(=O)(=O)N1CCN(C(=O)C2CCN(CC3=CC(C)(N)NC=C3)CC2)CC1. The van der Waals surface area contributed by atoms with Crippen LogP contribution >= 0.6 is 0 Å². The molecule has 3 heterocycles. The zero-order valence-corrected chi connectivity index (χ0v) is 18.6. The Morgan fingerprint density at radius 2 is 1.83 bits per heavy atom. The topological polar surface area (TPSA) is 99.0 Å². The smallest absolute Gasteiger partial charge is 0.225 e. The summed E-state index contributed by atoms with van der Waals surface area (Å²) in [6.07, 6.45) is 7.69. The van der Waals surface area contributed by atoms with E-state index < -0.39 is 20.9 Å². The van der Waals surface area contributed by atoms with Gasteiger partial charge in [0.2, 0.25) is 15.9 Å². The van der Waals surface area contributed by atoms with Gasteiger partial charge in [0.15, 0.2) is 0 Å². The van der Waals surface area contributed by atoms with Gasteiger partial charge in [0.1, 0.15) is 5.66 Å². The summed E-state index contributed by atoms with van der Waals surface area (Å²) in [5.41, 5.74) is 6.81. The summed E-state index contributed by atoms with van der Waals surface area (Å²) in [7, 11) is -3.24. The number of nitrogens with one attached hydrogen (secondary N) is 1. The van der Waals surface area contributed by atoms with Crippen LogP contribution in [-0.2, 0) is 14.8 Å². The number of likely N-dealkylation sites (tertiary alicyclic amines) is 1. The molecule has 1 atom stereocenters. The Balaban J connectivity index is 1.46. The predicted octanol–water partition coefficient (Wildman–Crippen LogP) is 0.299. The summed E-state index contributed by atoms with van der Waals surface area (Å²) in [5, 5.41) is 2.69. The first-order valence-electron chi connectivity index (χ1n) is 10.5. The number of carbonyl (C=O) groups excluding carboxylic acids is 1. The van der Waals surface area contributed by atoms with Gasteiger partial charge in [-0.05, 0) is 70.6 Å². The van der Waals surface area contributed by atoms with Crippen molar-refractivity contribution in [3.05, 3.63) is 23.9 Å². The maximum absolute atomic E-state index is 12.9. The van der Waals surface area contributed by atoms with Crippen LogP contribution in [0.25, 0.3) is 0 Å². The van der Waals surface area contributed by atoms with Crippen LogP contribution in [0.3, 0.4) is 0 Å². The molecule has 0 aromatic rings. The van der Waals surface area contributed by atoms with Crippen molar-refractivity contribution < 1.29 is 13.2 Å². The lowest BCUT2D eigenvalue weighted by Gasteiger charge is -2.38. The lowest BCUT2D eigenvalue weighted by Crippen LogP contribution is -2.54. The molecule has 9 heteroatoms. The lowest BCUT2D eigenvalue weighted by molar-refractivity contribution is -0.138. The van der Waals surface area contributed by atoms with Gasteiger partial charge in [0, 0.05) is 38.6 Å². The fraction of sp³-hybridized carbons (Fsp3) is 0.750. The number of dihydropyridines is 1. The zero-order valence-electron chi connectivity index (χ0n) is 17.8. The van der Waals surface area contributed by atoms with Gasteiger partial charge in [-0.3, -0.25) is 9.69 Å². The molecule has 1 unspecified atom stereocenters. The summed E-state index contributed by atoms with van der Waals surface area (Å²) in [6, 6.07) is 0. The molecule has 3 rings (SSSR count). The molecule has 3 aliphatic heterocycles. The van der Waals surface area contributed by atoms with Crippen LogP contribution < -0.4 is 11.1 Å². The number of piperidine rings is 1. The molecule has 3 N–H and O–H groups in total. The number of rotatable bonds is 5. The van der Waals surface area contributed by atoms with Crippen LogP contribution in [0, 0.1) is 5.92 Å². The van der Waals surface area contributed by atoms with Crippen molar-refractivity contribution in [3.8, 4) is 0 Å². The normalized spacial score (nSPS) is 27.8. The Morgan fingerprint density at radius 3 is 2.38 bits per heavy atom. The van der Waals surface area contributed by atoms with E-state index in [1.54, 1.807) is 13.8 Å². The number of hydrogen-bond acceptors (Lipinski definition) is 6. The summed E-state index contributed by atoms with van der Waals surface area (Å²) in [4.78, 5) is 17.1. The van der Waals surface area contributed by atoms with Crippen molar-refractivity contribution in [1.29, 1.82) is 0 Å². The van der Waals surface area contributed by atoms with Gasteiger partial charge in [0.25, 0.3) is 0 Å². The predicted molar refractivity (Wildman–Crippen MR) is 114 cm³/mol. The first-order chi connectivity index (χ1) is 13.6. The van der Waals surface area contributed by atoms with Gasteiger partial charge < -0.3 is 16.0 Å². The average molecular weight is 426 g/mol. The number of nitrogens with zero attached hydrogens (tertiary/aromatic N) is 3. The fourth-order valence-corrected chi connectivity index (χ4v) is 5.49. The summed E-state index contributed by atoms with van der Waals surface area (Å²) < 4.78 is 26.1. The van der Waals surface area contributed by atoms with E-state index in [1.807, 2.05) is 18.0 Å². The molecule has 29 heavy (non-hydrogen) atoms. The molecule has 0 aromatic carbocycles. The van der Waals surface area contributed by atoms with E-state index >= 15 is 0 Å². The molecule has 0 aliphatic carbocycles. The van der Waals surface area contributed by atoms with Crippen LogP contribution in [-0.4, -0.2) is 85.2 Å². The quantitative estimate of drug-likeness (QED) is 0.657. The number of nitrogens with two attached hydrogens (primary N) is 1. The van der Waals surface area contributed by atoms with E-state index in [2.05, 4.69) is 22.4 Å². The minimum absolute atomic E-state index is 0.0387. The molecular formula is C20H35N5O3S. The number of piperazine rings is 1. The van der Waals surface area contributed by atoms with Crippen LogP contribution in [0.15, 0.2) is 23.9 Å². The molecule has 0 spiro atoms. The Bertz CT molecular complexity index is 759.